The maximum atomic E-state index is 11.8. The molecule has 1 amide bonds. The molecule has 3 rings (SSSR count). The Kier molecular flexibility index (Phi) is 4.44. The Bertz CT molecular complexity index is 1070. The number of sulfone groups is 1. The van der Waals surface area contributed by atoms with Crippen LogP contribution in [0.3, 0.4) is 0 Å². The monoisotopic (exact) mass is 376 g/mol. The standard InChI is InChI=1S/C16H16N4O3S2/c1-3-9-6-4-5-7-11(9)19-12-10(14(17)21)8-18-15-13(12)20-16(24-15)25(2,22)23/h4-8H,3H2,1-2H3,(H2,17,21)(H,18,19). The topological polar surface area (TPSA) is 115 Å². The van der Waals surface area contributed by atoms with Crippen molar-refractivity contribution < 1.29 is 13.2 Å². The first-order chi connectivity index (χ1) is 11.8. The third kappa shape index (κ3) is 3.33. The van der Waals surface area contributed by atoms with Crippen molar-refractivity contribution in [3.63, 3.8) is 0 Å². The highest BCUT2D eigenvalue weighted by Gasteiger charge is 2.21. The van der Waals surface area contributed by atoms with E-state index in [0.29, 0.717) is 16.0 Å². The number of benzene rings is 1. The van der Waals surface area contributed by atoms with E-state index in [-0.39, 0.29) is 9.90 Å². The number of nitrogens with one attached hydrogen (secondary N) is 1. The predicted octanol–water partition coefficient (Wildman–Crippen LogP) is 2.50. The first-order valence-corrected chi connectivity index (χ1v) is 10.2. The van der Waals surface area contributed by atoms with Gasteiger partial charge in [0.2, 0.25) is 14.2 Å². The lowest BCUT2D eigenvalue weighted by Crippen LogP contribution is -2.14. The van der Waals surface area contributed by atoms with Gasteiger partial charge < -0.3 is 11.1 Å². The summed E-state index contributed by atoms with van der Waals surface area (Å²) in [6.07, 6.45) is 3.21. The van der Waals surface area contributed by atoms with Crippen molar-refractivity contribution in [3.8, 4) is 0 Å². The van der Waals surface area contributed by atoms with Crippen LogP contribution in [0.15, 0.2) is 34.8 Å². The van der Waals surface area contributed by atoms with Crippen LogP contribution in [0.25, 0.3) is 10.3 Å². The molecule has 0 unspecified atom stereocenters. The molecule has 0 saturated heterocycles. The summed E-state index contributed by atoms with van der Waals surface area (Å²) in [7, 11) is -3.48. The largest absolute Gasteiger partial charge is 0.365 e. The fourth-order valence-electron chi connectivity index (χ4n) is 2.42. The van der Waals surface area contributed by atoms with Crippen molar-refractivity contribution in [3.05, 3.63) is 41.6 Å². The maximum Gasteiger partial charge on any atom is 0.252 e. The highest BCUT2D eigenvalue weighted by atomic mass is 32.2. The lowest BCUT2D eigenvalue weighted by Gasteiger charge is -2.13. The van der Waals surface area contributed by atoms with Crippen LogP contribution in [-0.2, 0) is 16.3 Å². The van der Waals surface area contributed by atoms with Crippen LogP contribution in [0, 0.1) is 0 Å². The first kappa shape index (κ1) is 17.3. The zero-order valence-corrected chi connectivity index (χ0v) is 15.2. The van der Waals surface area contributed by atoms with E-state index in [4.69, 9.17) is 5.73 Å². The van der Waals surface area contributed by atoms with E-state index in [2.05, 4.69) is 15.3 Å². The molecule has 0 atom stereocenters. The van der Waals surface area contributed by atoms with Crippen molar-refractivity contribution in [2.75, 3.05) is 11.6 Å². The molecule has 25 heavy (non-hydrogen) atoms. The molecule has 3 aromatic rings. The number of rotatable bonds is 5. The number of hydrogen-bond donors (Lipinski definition) is 2. The highest BCUT2D eigenvalue weighted by Crippen LogP contribution is 2.34. The second-order valence-electron chi connectivity index (χ2n) is 5.45. The molecule has 130 valence electrons. The average molecular weight is 376 g/mol. The lowest BCUT2D eigenvalue weighted by atomic mass is 10.1. The van der Waals surface area contributed by atoms with Gasteiger partial charge in [0.15, 0.2) is 0 Å². The summed E-state index contributed by atoms with van der Waals surface area (Å²) < 4.78 is 23.5. The van der Waals surface area contributed by atoms with Gasteiger partial charge in [-0.15, -0.1) is 0 Å². The minimum absolute atomic E-state index is 0.0524. The van der Waals surface area contributed by atoms with Crippen molar-refractivity contribution in [2.45, 2.75) is 17.7 Å². The minimum Gasteiger partial charge on any atom is -0.365 e. The van der Waals surface area contributed by atoms with Gasteiger partial charge in [-0.3, -0.25) is 4.79 Å². The van der Waals surface area contributed by atoms with E-state index in [1.165, 1.54) is 6.20 Å². The van der Waals surface area contributed by atoms with E-state index in [1.54, 1.807) is 0 Å². The van der Waals surface area contributed by atoms with Crippen molar-refractivity contribution in [1.82, 2.24) is 9.97 Å². The summed E-state index contributed by atoms with van der Waals surface area (Å²) in [4.78, 5) is 20.5. The normalized spacial score (nSPS) is 11.6. The van der Waals surface area contributed by atoms with Gasteiger partial charge in [-0.2, -0.15) is 0 Å². The van der Waals surface area contributed by atoms with Gasteiger partial charge in [0.05, 0.1) is 11.3 Å². The number of thiazole rings is 1. The van der Waals surface area contributed by atoms with E-state index < -0.39 is 15.7 Å². The number of nitrogens with two attached hydrogens (primary N) is 1. The molecular formula is C16H16N4O3S2. The maximum absolute atomic E-state index is 11.8. The minimum atomic E-state index is -3.48. The van der Waals surface area contributed by atoms with Crippen LogP contribution in [0.2, 0.25) is 0 Å². The number of carbonyl (C=O) groups excluding carboxylic acids is 1. The van der Waals surface area contributed by atoms with E-state index in [1.807, 2.05) is 31.2 Å². The van der Waals surface area contributed by atoms with Gasteiger partial charge in [-0.25, -0.2) is 18.4 Å². The van der Waals surface area contributed by atoms with Crippen molar-refractivity contribution in [1.29, 1.82) is 0 Å². The second-order valence-corrected chi connectivity index (χ2v) is 8.62. The summed E-state index contributed by atoms with van der Waals surface area (Å²) >= 11 is 0.957. The van der Waals surface area contributed by atoms with E-state index in [0.717, 1.165) is 35.3 Å². The van der Waals surface area contributed by atoms with Crippen LogP contribution in [0.5, 0.6) is 0 Å². The Morgan fingerprint density at radius 2 is 2.04 bits per heavy atom. The van der Waals surface area contributed by atoms with Gasteiger partial charge in [0.1, 0.15) is 10.3 Å². The van der Waals surface area contributed by atoms with Crippen LogP contribution >= 0.6 is 11.3 Å². The summed E-state index contributed by atoms with van der Waals surface area (Å²) in [5.74, 6) is -0.667. The molecule has 1 aromatic carbocycles. The molecule has 0 aliphatic heterocycles. The summed E-state index contributed by atoms with van der Waals surface area (Å²) in [5, 5.41) is 3.19. The molecule has 0 aliphatic rings. The Morgan fingerprint density at radius 1 is 1.32 bits per heavy atom. The van der Waals surface area contributed by atoms with Gasteiger partial charge >= 0.3 is 0 Å². The molecule has 0 aliphatic carbocycles. The smallest absolute Gasteiger partial charge is 0.252 e. The van der Waals surface area contributed by atoms with Crippen molar-refractivity contribution >= 4 is 48.8 Å². The van der Waals surface area contributed by atoms with Gasteiger partial charge in [0, 0.05) is 18.1 Å². The van der Waals surface area contributed by atoms with Crippen LogP contribution in [-0.4, -0.2) is 30.5 Å². The molecule has 0 bridgehead atoms. The molecule has 9 heteroatoms. The molecule has 0 fully saturated rings. The first-order valence-electron chi connectivity index (χ1n) is 7.45. The number of carbonyl (C=O) groups is 1. The van der Waals surface area contributed by atoms with Crippen LogP contribution in [0.4, 0.5) is 11.4 Å². The number of hydrogen-bond acceptors (Lipinski definition) is 7. The zero-order valence-electron chi connectivity index (χ0n) is 13.6. The quantitative estimate of drug-likeness (QED) is 0.707. The number of primary amides is 1. The molecule has 2 aromatic heterocycles. The number of anilines is 2. The number of fused-ring (bicyclic) bond motifs is 1. The van der Waals surface area contributed by atoms with Gasteiger partial charge in [-0.1, -0.05) is 36.5 Å². The van der Waals surface area contributed by atoms with Crippen LogP contribution < -0.4 is 11.1 Å². The molecule has 0 spiro atoms. The number of aryl methyl sites for hydroxylation is 1. The SMILES string of the molecule is CCc1ccccc1Nc1c(C(N)=O)cnc2sc(S(C)(=O)=O)nc12. The third-order valence-electron chi connectivity index (χ3n) is 3.65. The fraction of sp³-hybridized carbons (Fsp3) is 0.188. The van der Waals surface area contributed by atoms with Crippen LogP contribution in [0.1, 0.15) is 22.8 Å². The molecule has 0 radical (unpaired) electrons. The summed E-state index contributed by atoms with van der Waals surface area (Å²) in [5.41, 5.74) is 8.14. The molecule has 3 N–H and O–H groups in total. The predicted molar refractivity (Wildman–Crippen MR) is 98.1 cm³/mol. The number of aromatic nitrogens is 2. The third-order valence-corrected chi connectivity index (χ3v) is 6.29. The highest BCUT2D eigenvalue weighted by molar-refractivity contribution is 7.92. The average Bonchev–Trinajstić information content (AvgIpc) is 3.00. The fourth-order valence-corrected chi connectivity index (χ4v) is 4.17. The Labute approximate surface area is 148 Å². The molecule has 2 heterocycles. The lowest BCUT2D eigenvalue weighted by molar-refractivity contribution is 0.100. The van der Waals surface area contributed by atoms with E-state index >= 15 is 0 Å². The Balaban J connectivity index is 2.24. The van der Waals surface area contributed by atoms with Crippen molar-refractivity contribution in [2.24, 2.45) is 5.73 Å². The summed E-state index contributed by atoms with van der Waals surface area (Å²) in [6, 6.07) is 7.63. The molecule has 7 nitrogen and oxygen atoms in total. The molecule has 0 saturated carbocycles. The number of amides is 1. The number of nitrogens with zero attached hydrogens (tertiary/aromatic N) is 2. The second kappa shape index (κ2) is 6.41. The summed E-state index contributed by atoms with van der Waals surface area (Å²) in [6.45, 7) is 2.02. The number of para-hydroxylation sites is 1. The number of pyridine rings is 1. The zero-order chi connectivity index (χ0) is 18.2. The Morgan fingerprint density at radius 3 is 2.68 bits per heavy atom. The van der Waals surface area contributed by atoms with E-state index in [9.17, 15) is 13.2 Å². The Hall–Kier alpha value is -2.52. The molecular weight excluding hydrogens is 360 g/mol. The van der Waals surface area contributed by atoms with Gasteiger partial charge in [-0.05, 0) is 18.1 Å². The van der Waals surface area contributed by atoms with Gasteiger partial charge in [0.25, 0.3) is 5.91 Å².